The normalized spacial score (nSPS) is 12.9. The number of benzene rings is 3. The fourth-order valence-electron chi connectivity index (χ4n) is 4.21. The van der Waals surface area contributed by atoms with Crippen LogP contribution >= 0.6 is 11.3 Å². The second-order valence-electron chi connectivity index (χ2n) is 8.47. The van der Waals surface area contributed by atoms with Crippen molar-refractivity contribution in [1.29, 1.82) is 0 Å². The summed E-state index contributed by atoms with van der Waals surface area (Å²) in [6, 6.07) is 21.0. The van der Waals surface area contributed by atoms with Crippen LogP contribution in [-0.2, 0) is 27.7 Å². The van der Waals surface area contributed by atoms with Crippen LogP contribution < -0.4 is 9.62 Å². The summed E-state index contributed by atoms with van der Waals surface area (Å²) in [5.74, 6) is -0.338. The van der Waals surface area contributed by atoms with Gasteiger partial charge >= 0.3 is 0 Å². The Morgan fingerprint density at radius 1 is 1.03 bits per heavy atom. The predicted molar refractivity (Wildman–Crippen MR) is 141 cm³/mol. The predicted octanol–water partition coefficient (Wildman–Crippen LogP) is 4.95. The maximum absolute atomic E-state index is 13.4. The summed E-state index contributed by atoms with van der Waals surface area (Å²) in [7, 11) is -3.78. The Bertz CT molecular complexity index is 1560. The Labute approximate surface area is 213 Å². The molecular formula is C27H23N3O4S2. The Morgan fingerprint density at radius 3 is 2.58 bits per heavy atom. The van der Waals surface area contributed by atoms with E-state index in [0.29, 0.717) is 34.9 Å². The number of fused-ring (bicyclic) bond motifs is 1. The van der Waals surface area contributed by atoms with E-state index in [-0.39, 0.29) is 23.0 Å². The number of nitrogens with zero attached hydrogens (tertiary/aromatic N) is 2. The number of carbonyl (C=O) groups excluding carboxylic acids is 2. The third kappa shape index (κ3) is 4.80. The number of hydrogen-bond donors (Lipinski definition) is 1. The van der Waals surface area contributed by atoms with Crippen molar-refractivity contribution in [3.8, 4) is 11.3 Å². The molecule has 0 fully saturated rings. The summed E-state index contributed by atoms with van der Waals surface area (Å²) in [6.45, 7) is 1.84. The molecule has 0 bridgehead atoms. The lowest BCUT2D eigenvalue weighted by atomic mass is 10.1. The SMILES string of the molecule is CC(=O)Nc1ccc(-c2csc(CC(=O)c3cccc(S(=O)(=O)N4CCc5ccccc54)c3)n2)cc1. The lowest BCUT2D eigenvalue weighted by Gasteiger charge is -2.19. The number of amides is 1. The average molecular weight is 518 g/mol. The van der Waals surface area contributed by atoms with Crippen LogP contribution in [0.15, 0.2) is 83.1 Å². The number of anilines is 2. The first kappa shape index (κ1) is 23.9. The average Bonchev–Trinajstić information content (AvgIpc) is 3.52. The van der Waals surface area contributed by atoms with Crippen molar-refractivity contribution in [3.05, 3.63) is 94.3 Å². The first-order valence-corrected chi connectivity index (χ1v) is 13.7. The van der Waals surface area contributed by atoms with Gasteiger partial charge in [0.1, 0.15) is 5.01 Å². The molecule has 0 saturated heterocycles. The van der Waals surface area contributed by atoms with Gasteiger partial charge in [-0.2, -0.15) is 0 Å². The Hall–Kier alpha value is -3.82. The zero-order valence-corrected chi connectivity index (χ0v) is 21.1. The second kappa shape index (κ2) is 9.67. The smallest absolute Gasteiger partial charge is 0.264 e. The zero-order valence-electron chi connectivity index (χ0n) is 19.5. The van der Waals surface area contributed by atoms with E-state index in [1.54, 1.807) is 24.3 Å². The number of aromatic nitrogens is 1. The van der Waals surface area contributed by atoms with E-state index in [1.807, 2.05) is 41.8 Å². The minimum atomic E-state index is -3.78. The van der Waals surface area contributed by atoms with Gasteiger partial charge in [-0.25, -0.2) is 13.4 Å². The van der Waals surface area contributed by atoms with E-state index in [1.165, 1.54) is 34.7 Å². The minimum absolute atomic E-state index is 0.0741. The summed E-state index contributed by atoms with van der Waals surface area (Å²) in [5.41, 5.74) is 4.33. The van der Waals surface area contributed by atoms with Crippen LogP contribution in [0.3, 0.4) is 0 Å². The molecule has 7 nitrogen and oxygen atoms in total. The van der Waals surface area contributed by atoms with Crippen LogP contribution in [0.4, 0.5) is 11.4 Å². The van der Waals surface area contributed by atoms with Crippen molar-refractivity contribution < 1.29 is 18.0 Å². The van der Waals surface area contributed by atoms with E-state index in [9.17, 15) is 18.0 Å². The molecule has 36 heavy (non-hydrogen) atoms. The van der Waals surface area contributed by atoms with Crippen LogP contribution in [0.5, 0.6) is 0 Å². The molecule has 0 aliphatic carbocycles. The van der Waals surface area contributed by atoms with Gasteiger partial charge in [0, 0.05) is 35.7 Å². The van der Waals surface area contributed by atoms with Crippen molar-refractivity contribution in [2.45, 2.75) is 24.7 Å². The van der Waals surface area contributed by atoms with Gasteiger partial charge in [0.15, 0.2) is 5.78 Å². The monoisotopic (exact) mass is 517 g/mol. The van der Waals surface area contributed by atoms with Gasteiger partial charge in [0.2, 0.25) is 5.91 Å². The molecule has 0 saturated carbocycles. The molecule has 4 aromatic rings. The number of para-hydroxylation sites is 1. The summed E-state index contributed by atoms with van der Waals surface area (Å²) >= 11 is 1.38. The highest BCUT2D eigenvalue weighted by Crippen LogP contribution is 2.33. The molecular weight excluding hydrogens is 494 g/mol. The quantitative estimate of drug-likeness (QED) is 0.350. The van der Waals surface area contributed by atoms with E-state index in [0.717, 1.165) is 16.8 Å². The molecule has 0 radical (unpaired) electrons. The van der Waals surface area contributed by atoms with Gasteiger partial charge in [-0.1, -0.05) is 42.5 Å². The lowest BCUT2D eigenvalue weighted by molar-refractivity contribution is -0.114. The summed E-state index contributed by atoms with van der Waals surface area (Å²) in [6.07, 6.45) is 0.737. The Balaban J connectivity index is 1.32. The van der Waals surface area contributed by atoms with E-state index in [2.05, 4.69) is 10.3 Å². The number of nitrogens with one attached hydrogen (secondary N) is 1. The molecule has 1 aromatic heterocycles. The number of Topliss-reactive ketones (excluding diaryl/α,β-unsaturated/α-hetero) is 1. The number of rotatable bonds is 7. The molecule has 5 rings (SSSR count). The maximum atomic E-state index is 13.4. The van der Waals surface area contributed by atoms with Crippen LogP contribution in [-0.4, -0.2) is 31.6 Å². The highest BCUT2D eigenvalue weighted by molar-refractivity contribution is 7.92. The van der Waals surface area contributed by atoms with E-state index >= 15 is 0 Å². The highest BCUT2D eigenvalue weighted by atomic mass is 32.2. The Kier molecular flexibility index (Phi) is 6.42. The third-order valence-electron chi connectivity index (χ3n) is 5.95. The van der Waals surface area contributed by atoms with Crippen molar-refractivity contribution >= 4 is 44.4 Å². The molecule has 0 atom stereocenters. The number of thiazole rings is 1. The van der Waals surface area contributed by atoms with Gasteiger partial charge < -0.3 is 5.32 Å². The van der Waals surface area contributed by atoms with Crippen LogP contribution in [0.25, 0.3) is 11.3 Å². The minimum Gasteiger partial charge on any atom is -0.326 e. The van der Waals surface area contributed by atoms with Gasteiger partial charge in [-0.05, 0) is 42.3 Å². The molecule has 1 amide bonds. The van der Waals surface area contributed by atoms with Gasteiger partial charge in [-0.15, -0.1) is 11.3 Å². The van der Waals surface area contributed by atoms with Crippen molar-refractivity contribution in [2.24, 2.45) is 0 Å². The largest absolute Gasteiger partial charge is 0.326 e. The fraction of sp³-hybridized carbons (Fsp3) is 0.148. The number of ketones is 1. The van der Waals surface area contributed by atoms with Gasteiger partial charge in [0.05, 0.1) is 22.7 Å². The summed E-state index contributed by atoms with van der Waals surface area (Å²) < 4.78 is 28.1. The molecule has 2 heterocycles. The standard InChI is InChI=1S/C27H23N3O4S2/c1-18(31)28-22-11-9-19(10-12-22)24-17-35-27(29-24)16-26(32)21-6-4-7-23(15-21)36(33,34)30-14-13-20-5-2-3-8-25(20)30/h2-12,15,17H,13-14,16H2,1H3,(H,28,31). The highest BCUT2D eigenvalue weighted by Gasteiger charge is 2.31. The van der Waals surface area contributed by atoms with E-state index < -0.39 is 10.0 Å². The molecule has 3 aromatic carbocycles. The maximum Gasteiger partial charge on any atom is 0.264 e. The van der Waals surface area contributed by atoms with Crippen LogP contribution in [0.1, 0.15) is 27.9 Å². The van der Waals surface area contributed by atoms with Gasteiger partial charge in [-0.3, -0.25) is 13.9 Å². The first-order chi connectivity index (χ1) is 17.3. The lowest BCUT2D eigenvalue weighted by Crippen LogP contribution is -2.29. The van der Waals surface area contributed by atoms with Gasteiger partial charge in [0.25, 0.3) is 10.0 Å². The third-order valence-corrected chi connectivity index (χ3v) is 8.61. The number of carbonyl (C=O) groups is 2. The number of hydrogen-bond acceptors (Lipinski definition) is 6. The van der Waals surface area contributed by atoms with E-state index in [4.69, 9.17) is 0 Å². The molecule has 0 spiro atoms. The molecule has 1 aliphatic rings. The molecule has 1 N–H and O–H groups in total. The van der Waals surface area contributed by atoms with Crippen molar-refractivity contribution in [1.82, 2.24) is 4.98 Å². The summed E-state index contributed by atoms with van der Waals surface area (Å²) in [5, 5.41) is 5.24. The first-order valence-electron chi connectivity index (χ1n) is 11.4. The topological polar surface area (TPSA) is 96.4 Å². The molecule has 0 unspecified atom stereocenters. The van der Waals surface area contributed by atoms with Crippen molar-refractivity contribution in [3.63, 3.8) is 0 Å². The van der Waals surface area contributed by atoms with Crippen LogP contribution in [0, 0.1) is 0 Å². The zero-order chi connectivity index (χ0) is 25.3. The molecule has 9 heteroatoms. The van der Waals surface area contributed by atoms with Crippen LogP contribution in [0.2, 0.25) is 0 Å². The molecule has 182 valence electrons. The second-order valence-corrected chi connectivity index (χ2v) is 11.3. The Morgan fingerprint density at radius 2 is 1.81 bits per heavy atom. The number of sulfonamides is 1. The molecule has 1 aliphatic heterocycles. The fourth-order valence-corrected chi connectivity index (χ4v) is 6.56. The van der Waals surface area contributed by atoms with Crippen molar-refractivity contribution in [2.75, 3.05) is 16.2 Å². The summed E-state index contributed by atoms with van der Waals surface area (Å²) in [4.78, 5) is 28.9.